The summed E-state index contributed by atoms with van der Waals surface area (Å²) in [4.78, 5) is 2.66. The summed E-state index contributed by atoms with van der Waals surface area (Å²) in [6, 6.07) is 17.6. The minimum Gasteiger partial charge on any atom is -0.493 e. The molecule has 4 aliphatic rings. The van der Waals surface area contributed by atoms with E-state index in [2.05, 4.69) is 59.5 Å². The van der Waals surface area contributed by atoms with E-state index in [1.807, 2.05) is 0 Å². The Hall–Kier alpha value is -3.60. The summed E-state index contributed by atoms with van der Waals surface area (Å²) in [5.41, 5.74) is 9.23. The highest BCUT2D eigenvalue weighted by Crippen LogP contribution is 2.55. The average molecular weight is 510 g/mol. The highest BCUT2D eigenvalue weighted by atomic mass is 16.7. The van der Waals surface area contributed by atoms with E-state index >= 15 is 0 Å². The first-order chi connectivity index (χ1) is 18.7. The van der Waals surface area contributed by atoms with Crippen molar-refractivity contribution in [2.24, 2.45) is 5.92 Å². The summed E-state index contributed by atoms with van der Waals surface area (Å²) in [5, 5.41) is 0. The Bertz CT molecular complexity index is 1390. The zero-order chi connectivity index (χ0) is 25.6. The molecule has 5 heteroatoms. The van der Waals surface area contributed by atoms with Gasteiger partial charge in [0.25, 0.3) is 0 Å². The van der Waals surface area contributed by atoms with Crippen molar-refractivity contribution in [3.63, 3.8) is 0 Å². The SMILES string of the molecule is COc1cc(CCc2ccccc2)c2c(c1OC)[C@@H](C1CCCC1)N1CCc3cc4c(cc3C1=C2)OCO4. The molecule has 38 heavy (non-hydrogen) atoms. The van der Waals surface area contributed by atoms with Gasteiger partial charge in [0.15, 0.2) is 23.0 Å². The van der Waals surface area contributed by atoms with Gasteiger partial charge in [-0.15, -0.1) is 0 Å². The van der Waals surface area contributed by atoms with Crippen molar-refractivity contribution in [3.8, 4) is 23.0 Å². The van der Waals surface area contributed by atoms with Gasteiger partial charge in [0, 0.05) is 23.4 Å². The predicted molar refractivity (Wildman–Crippen MR) is 149 cm³/mol. The zero-order valence-electron chi connectivity index (χ0n) is 22.3. The van der Waals surface area contributed by atoms with E-state index in [9.17, 15) is 0 Å². The lowest BCUT2D eigenvalue weighted by molar-refractivity contribution is 0.174. The van der Waals surface area contributed by atoms with Crippen molar-refractivity contribution in [1.82, 2.24) is 4.90 Å². The second-order valence-corrected chi connectivity index (χ2v) is 10.9. The van der Waals surface area contributed by atoms with Crippen LogP contribution >= 0.6 is 0 Å². The van der Waals surface area contributed by atoms with Crippen LogP contribution in [0.1, 0.15) is 65.1 Å². The highest BCUT2D eigenvalue weighted by molar-refractivity contribution is 5.89. The minimum atomic E-state index is 0.270. The first-order valence-electron chi connectivity index (χ1n) is 14.0. The number of rotatable bonds is 6. The van der Waals surface area contributed by atoms with Crippen molar-refractivity contribution >= 4 is 11.8 Å². The van der Waals surface area contributed by atoms with Gasteiger partial charge in [0.2, 0.25) is 6.79 Å². The molecule has 0 unspecified atom stereocenters. The normalized spacial score (nSPS) is 19.5. The van der Waals surface area contributed by atoms with Gasteiger partial charge in [-0.2, -0.15) is 0 Å². The van der Waals surface area contributed by atoms with Crippen LogP contribution in [0.15, 0.2) is 48.5 Å². The fourth-order valence-corrected chi connectivity index (χ4v) is 7.14. The molecule has 5 nitrogen and oxygen atoms in total. The van der Waals surface area contributed by atoms with Crippen LogP contribution in [0.2, 0.25) is 0 Å². The van der Waals surface area contributed by atoms with Crippen molar-refractivity contribution in [1.29, 1.82) is 0 Å². The molecule has 1 aliphatic carbocycles. The Morgan fingerprint density at radius 2 is 1.71 bits per heavy atom. The van der Waals surface area contributed by atoms with Gasteiger partial charge in [0.1, 0.15) is 0 Å². The lowest BCUT2D eigenvalue weighted by atomic mass is 9.78. The number of nitrogens with zero attached hydrogens (tertiary/aromatic N) is 1. The van der Waals surface area contributed by atoms with Crippen molar-refractivity contribution < 1.29 is 18.9 Å². The van der Waals surface area contributed by atoms with E-state index in [-0.39, 0.29) is 6.04 Å². The predicted octanol–water partition coefficient (Wildman–Crippen LogP) is 6.82. The molecule has 1 fully saturated rings. The van der Waals surface area contributed by atoms with Crippen molar-refractivity contribution in [2.75, 3.05) is 27.6 Å². The van der Waals surface area contributed by atoms with E-state index in [0.29, 0.717) is 12.7 Å². The van der Waals surface area contributed by atoms with Gasteiger partial charge in [0.05, 0.1) is 20.3 Å². The molecule has 0 saturated heterocycles. The number of fused-ring (bicyclic) bond motifs is 5. The Morgan fingerprint density at radius 1 is 0.921 bits per heavy atom. The van der Waals surface area contributed by atoms with E-state index < -0.39 is 0 Å². The van der Waals surface area contributed by atoms with Crippen LogP contribution in [-0.2, 0) is 19.3 Å². The van der Waals surface area contributed by atoms with Gasteiger partial charge in [-0.25, -0.2) is 0 Å². The first-order valence-corrected chi connectivity index (χ1v) is 14.0. The molecule has 0 spiro atoms. The smallest absolute Gasteiger partial charge is 0.231 e. The fraction of sp³-hybridized carbons (Fsp3) is 0.394. The third kappa shape index (κ3) is 3.82. The molecule has 0 aromatic heterocycles. The third-order valence-corrected chi connectivity index (χ3v) is 8.92. The summed E-state index contributed by atoms with van der Waals surface area (Å²) >= 11 is 0. The molecule has 196 valence electrons. The quantitative estimate of drug-likeness (QED) is 0.365. The minimum absolute atomic E-state index is 0.270. The van der Waals surface area contributed by atoms with Gasteiger partial charge in [-0.05, 0) is 84.6 Å². The lowest BCUT2D eigenvalue weighted by Crippen LogP contribution is -2.39. The van der Waals surface area contributed by atoms with E-state index in [0.717, 1.165) is 48.8 Å². The maximum Gasteiger partial charge on any atom is 0.231 e. The van der Waals surface area contributed by atoms with Crippen LogP contribution in [0.5, 0.6) is 23.0 Å². The van der Waals surface area contributed by atoms with E-state index in [4.69, 9.17) is 18.9 Å². The lowest BCUT2D eigenvalue weighted by Gasteiger charge is -2.46. The Morgan fingerprint density at radius 3 is 2.47 bits per heavy atom. The van der Waals surface area contributed by atoms with Gasteiger partial charge in [-0.3, -0.25) is 0 Å². The number of aryl methyl sites for hydroxylation is 2. The number of benzene rings is 3. The van der Waals surface area contributed by atoms with Gasteiger partial charge in [-0.1, -0.05) is 43.2 Å². The molecule has 3 heterocycles. The fourth-order valence-electron chi connectivity index (χ4n) is 7.14. The Kier molecular flexibility index (Phi) is 5.95. The van der Waals surface area contributed by atoms with Crippen LogP contribution in [0.3, 0.4) is 0 Å². The molecule has 0 amide bonds. The second-order valence-electron chi connectivity index (χ2n) is 10.9. The molecular formula is C33H35NO4. The summed E-state index contributed by atoms with van der Waals surface area (Å²) in [7, 11) is 3.55. The molecule has 0 radical (unpaired) electrons. The van der Waals surface area contributed by atoms with Crippen molar-refractivity contribution in [2.45, 2.75) is 51.0 Å². The summed E-state index contributed by atoms with van der Waals surface area (Å²) in [5.74, 6) is 4.06. The standard InChI is InChI=1S/C33H35NO4/c1-35-30-17-23(13-12-21-8-4-3-5-9-21)26-18-27-25-19-29-28(37-20-38-29)16-24(25)14-15-34(27)32(22-10-6-7-11-22)31(26)33(30)36-2/h3-5,8-9,16-19,22,32H,6-7,10-15,20H2,1-2H3/t32-/m1/s1. The topological polar surface area (TPSA) is 40.2 Å². The monoisotopic (exact) mass is 509 g/mol. The molecule has 3 aromatic carbocycles. The number of hydrogen-bond donors (Lipinski definition) is 0. The van der Waals surface area contributed by atoms with E-state index in [1.165, 1.54) is 64.8 Å². The zero-order valence-corrected chi connectivity index (χ0v) is 22.3. The number of hydrogen-bond acceptors (Lipinski definition) is 5. The molecular weight excluding hydrogens is 474 g/mol. The Labute approximate surface area is 225 Å². The number of methoxy groups -OCH3 is 2. The molecule has 0 N–H and O–H groups in total. The molecule has 1 saturated carbocycles. The molecule has 3 aliphatic heterocycles. The van der Waals surface area contributed by atoms with Crippen LogP contribution in [0.25, 0.3) is 11.8 Å². The average Bonchev–Trinajstić information content (AvgIpc) is 3.66. The van der Waals surface area contributed by atoms with E-state index in [1.54, 1.807) is 14.2 Å². The largest absolute Gasteiger partial charge is 0.493 e. The van der Waals surface area contributed by atoms with Crippen LogP contribution in [-0.4, -0.2) is 32.5 Å². The van der Waals surface area contributed by atoms with Crippen LogP contribution < -0.4 is 18.9 Å². The van der Waals surface area contributed by atoms with Crippen molar-refractivity contribution in [3.05, 3.63) is 81.9 Å². The van der Waals surface area contributed by atoms with Gasteiger partial charge < -0.3 is 23.8 Å². The third-order valence-electron chi connectivity index (χ3n) is 8.92. The van der Waals surface area contributed by atoms with Gasteiger partial charge >= 0.3 is 0 Å². The maximum absolute atomic E-state index is 6.13. The van der Waals surface area contributed by atoms with Crippen LogP contribution in [0.4, 0.5) is 0 Å². The molecule has 0 bridgehead atoms. The first kappa shape index (κ1) is 23.5. The number of ether oxygens (including phenoxy) is 4. The maximum atomic E-state index is 6.13. The Balaban J connectivity index is 1.42. The van der Waals surface area contributed by atoms with Crippen LogP contribution in [0, 0.1) is 5.92 Å². The molecule has 1 atom stereocenters. The summed E-state index contributed by atoms with van der Waals surface area (Å²) in [6.07, 6.45) is 10.4. The summed E-state index contributed by atoms with van der Waals surface area (Å²) < 4.78 is 23.6. The highest BCUT2D eigenvalue weighted by Gasteiger charge is 2.42. The molecule has 7 rings (SSSR count). The molecule has 3 aromatic rings. The second kappa shape index (κ2) is 9.61. The summed E-state index contributed by atoms with van der Waals surface area (Å²) in [6.45, 7) is 1.29.